The van der Waals surface area contributed by atoms with Crippen molar-refractivity contribution in [3.63, 3.8) is 0 Å². The zero-order chi connectivity index (χ0) is 13.0. The molecule has 2 rings (SSSR count). The van der Waals surface area contributed by atoms with Crippen molar-refractivity contribution in [2.75, 3.05) is 33.4 Å². The summed E-state index contributed by atoms with van der Waals surface area (Å²) < 4.78 is 5.22. The number of carbonyl (C=O) groups is 1. The second-order valence-electron chi connectivity index (χ2n) is 5.78. The van der Waals surface area contributed by atoms with Gasteiger partial charge in [-0.15, -0.1) is 0 Å². The van der Waals surface area contributed by atoms with E-state index in [1.165, 1.54) is 6.42 Å². The van der Waals surface area contributed by atoms with E-state index >= 15 is 0 Å². The van der Waals surface area contributed by atoms with Crippen LogP contribution in [0.1, 0.15) is 32.1 Å². The second-order valence-corrected chi connectivity index (χ2v) is 5.78. The Labute approximate surface area is 110 Å². The molecule has 1 aliphatic heterocycles. The van der Waals surface area contributed by atoms with Gasteiger partial charge in [0.1, 0.15) is 0 Å². The topological polar surface area (TPSA) is 55.6 Å². The highest BCUT2D eigenvalue weighted by Gasteiger charge is 2.36. The van der Waals surface area contributed by atoms with Crippen molar-refractivity contribution in [2.45, 2.75) is 32.1 Å². The molecule has 2 N–H and O–H groups in total. The Morgan fingerprint density at radius 2 is 2.17 bits per heavy atom. The van der Waals surface area contributed by atoms with Crippen LogP contribution in [0.2, 0.25) is 0 Å². The van der Waals surface area contributed by atoms with E-state index < -0.39 is 0 Å². The Balaban J connectivity index is 1.91. The molecule has 0 radical (unpaired) electrons. The number of rotatable bonds is 4. The molecule has 1 amide bonds. The maximum atomic E-state index is 12.5. The van der Waals surface area contributed by atoms with Crippen LogP contribution in [0.15, 0.2) is 0 Å². The van der Waals surface area contributed by atoms with Gasteiger partial charge in [0.25, 0.3) is 0 Å². The molecule has 0 aromatic rings. The minimum atomic E-state index is 0.191. The Morgan fingerprint density at radius 1 is 1.33 bits per heavy atom. The van der Waals surface area contributed by atoms with Crippen LogP contribution < -0.4 is 5.73 Å². The molecule has 2 aliphatic rings. The molecule has 104 valence electrons. The molecule has 2 fully saturated rings. The van der Waals surface area contributed by atoms with Crippen molar-refractivity contribution in [3.8, 4) is 0 Å². The van der Waals surface area contributed by atoms with E-state index in [0.29, 0.717) is 24.3 Å². The third-order valence-corrected chi connectivity index (χ3v) is 4.51. The number of amides is 1. The summed E-state index contributed by atoms with van der Waals surface area (Å²) in [5.41, 5.74) is 5.78. The number of piperidine rings is 1. The summed E-state index contributed by atoms with van der Waals surface area (Å²) in [6, 6.07) is 0. The molecule has 1 aliphatic carbocycles. The number of methoxy groups -OCH3 is 1. The second kappa shape index (κ2) is 6.53. The van der Waals surface area contributed by atoms with Gasteiger partial charge in [-0.3, -0.25) is 4.79 Å². The standard InChI is InChI=1S/C14H26N2O2/c1-18-10-11-4-3-7-16(9-11)14(17)13-6-2-5-12(13)8-15/h11-13H,2-10,15H2,1H3/t11?,12-,13-/m1/s1. The summed E-state index contributed by atoms with van der Waals surface area (Å²) in [6.07, 6.45) is 5.62. The van der Waals surface area contributed by atoms with Gasteiger partial charge in [-0.2, -0.15) is 0 Å². The predicted octanol–water partition coefficient (Wildman–Crippen LogP) is 1.25. The Hall–Kier alpha value is -0.610. The maximum Gasteiger partial charge on any atom is 0.226 e. The van der Waals surface area contributed by atoms with E-state index in [0.717, 1.165) is 45.4 Å². The van der Waals surface area contributed by atoms with Crippen molar-refractivity contribution in [2.24, 2.45) is 23.5 Å². The molecule has 0 aromatic carbocycles. The van der Waals surface area contributed by atoms with Gasteiger partial charge in [0.05, 0.1) is 6.61 Å². The number of hydrogen-bond donors (Lipinski definition) is 1. The number of hydrogen-bond acceptors (Lipinski definition) is 3. The van der Waals surface area contributed by atoms with E-state index in [1.807, 2.05) is 0 Å². The van der Waals surface area contributed by atoms with Gasteiger partial charge in [0, 0.05) is 26.1 Å². The molecule has 1 saturated heterocycles. The van der Waals surface area contributed by atoms with Gasteiger partial charge in [-0.25, -0.2) is 0 Å². The van der Waals surface area contributed by atoms with Crippen LogP contribution in [0, 0.1) is 17.8 Å². The zero-order valence-electron chi connectivity index (χ0n) is 11.4. The molecule has 3 atom stereocenters. The molecule has 0 spiro atoms. The van der Waals surface area contributed by atoms with Crippen molar-refractivity contribution in [3.05, 3.63) is 0 Å². The summed E-state index contributed by atoms with van der Waals surface area (Å²) in [6.45, 7) is 3.23. The lowest BCUT2D eigenvalue weighted by molar-refractivity contribution is -0.138. The number of nitrogens with zero attached hydrogens (tertiary/aromatic N) is 1. The SMILES string of the molecule is COCC1CCCN(C(=O)[C@@H]2CCC[C@@H]2CN)C1. The number of nitrogens with two attached hydrogens (primary N) is 1. The van der Waals surface area contributed by atoms with Crippen molar-refractivity contribution in [1.82, 2.24) is 4.90 Å². The molecular weight excluding hydrogens is 228 g/mol. The lowest BCUT2D eigenvalue weighted by Gasteiger charge is -2.35. The van der Waals surface area contributed by atoms with Gasteiger partial charge >= 0.3 is 0 Å². The average Bonchev–Trinajstić information content (AvgIpc) is 2.87. The Morgan fingerprint density at radius 3 is 2.89 bits per heavy atom. The van der Waals surface area contributed by atoms with Gasteiger partial charge in [-0.05, 0) is 44.1 Å². The summed E-state index contributed by atoms with van der Waals surface area (Å²) in [5.74, 6) is 1.48. The number of carbonyl (C=O) groups excluding carboxylic acids is 1. The first kappa shape index (κ1) is 13.8. The molecule has 4 heteroatoms. The fourth-order valence-corrected chi connectivity index (χ4v) is 3.52. The summed E-state index contributed by atoms with van der Waals surface area (Å²) >= 11 is 0. The highest BCUT2D eigenvalue weighted by molar-refractivity contribution is 5.79. The molecule has 1 unspecified atom stereocenters. The van der Waals surface area contributed by atoms with Crippen LogP contribution in [0.5, 0.6) is 0 Å². The van der Waals surface area contributed by atoms with E-state index in [4.69, 9.17) is 10.5 Å². The van der Waals surface area contributed by atoms with E-state index in [-0.39, 0.29) is 5.92 Å². The third-order valence-electron chi connectivity index (χ3n) is 4.51. The molecular formula is C14H26N2O2. The number of likely N-dealkylation sites (tertiary alicyclic amines) is 1. The molecule has 18 heavy (non-hydrogen) atoms. The first-order chi connectivity index (χ1) is 8.76. The normalized spacial score (nSPS) is 32.8. The van der Waals surface area contributed by atoms with Crippen molar-refractivity contribution >= 4 is 5.91 Å². The Bertz CT molecular complexity index is 281. The fourth-order valence-electron chi connectivity index (χ4n) is 3.52. The van der Waals surface area contributed by atoms with Crippen LogP contribution >= 0.6 is 0 Å². The Kier molecular flexibility index (Phi) is 5.01. The first-order valence-electron chi connectivity index (χ1n) is 7.24. The van der Waals surface area contributed by atoms with E-state index in [2.05, 4.69) is 4.90 Å². The lowest BCUT2D eigenvalue weighted by Crippen LogP contribution is -2.45. The molecule has 0 bridgehead atoms. The molecule has 4 nitrogen and oxygen atoms in total. The molecule has 0 aromatic heterocycles. The highest BCUT2D eigenvalue weighted by Crippen LogP contribution is 2.33. The fraction of sp³-hybridized carbons (Fsp3) is 0.929. The molecule has 1 heterocycles. The van der Waals surface area contributed by atoms with E-state index in [1.54, 1.807) is 7.11 Å². The van der Waals surface area contributed by atoms with E-state index in [9.17, 15) is 4.79 Å². The minimum absolute atomic E-state index is 0.191. The monoisotopic (exact) mass is 254 g/mol. The third kappa shape index (κ3) is 3.04. The van der Waals surface area contributed by atoms with Gasteiger partial charge in [0.15, 0.2) is 0 Å². The molecule has 1 saturated carbocycles. The zero-order valence-corrected chi connectivity index (χ0v) is 11.4. The number of ether oxygens (including phenoxy) is 1. The smallest absolute Gasteiger partial charge is 0.226 e. The predicted molar refractivity (Wildman–Crippen MR) is 71.1 cm³/mol. The maximum absolute atomic E-state index is 12.5. The lowest BCUT2D eigenvalue weighted by atomic mass is 9.92. The van der Waals surface area contributed by atoms with Crippen LogP contribution in [-0.2, 0) is 9.53 Å². The van der Waals surface area contributed by atoms with Crippen LogP contribution in [0.25, 0.3) is 0 Å². The van der Waals surface area contributed by atoms with Crippen molar-refractivity contribution in [1.29, 1.82) is 0 Å². The average molecular weight is 254 g/mol. The van der Waals surface area contributed by atoms with Gasteiger partial charge < -0.3 is 15.4 Å². The summed E-state index contributed by atoms with van der Waals surface area (Å²) in [7, 11) is 1.74. The highest BCUT2D eigenvalue weighted by atomic mass is 16.5. The van der Waals surface area contributed by atoms with Crippen LogP contribution in [0.4, 0.5) is 0 Å². The largest absolute Gasteiger partial charge is 0.384 e. The minimum Gasteiger partial charge on any atom is -0.384 e. The van der Waals surface area contributed by atoms with Gasteiger partial charge in [-0.1, -0.05) is 6.42 Å². The van der Waals surface area contributed by atoms with Gasteiger partial charge in [0.2, 0.25) is 5.91 Å². The first-order valence-corrected chi connectivity index (χ1v) is 7.24. The van der Waals surface area contributed by atoms with Crippen LogP contribution in [0.3, 0.4) is 0 Å². The quantitative estimate of drug-likeness (QED) is 0.821. The van der Waals surface area contributed by atoms with Crippen LogP contribution in [-0.4, -0.2) is 44.2 Å². The van der Waals surface area contributed by atoms with Crippen molar-refractivity contribution < 1.29 is 9.53 Å². The summed E-state index contributed by atoms with van der Waals surface area (Å²) in [5, 5.41) is 0. The summed E-state index contributed by atoms with van der Waals surface area (Å²) in [4.78, 5) is 14.6.